The third-order valence-electron chi connectivity index (χ3n) is 5.70. The number of carbonyl (C=O) groups is 2. The van der Waals surface area contributed by atoms with E-state index in [0.29, 0.717) is 31.0 Å². The van der Waals surface area contributed by atoms with Crippen LogP contribution in [0.5, 0.6) is 11.5 Å². The predicted molar refractivity (Wildman–Crippen MR) is 113 cm³/mol. The summed E-state index contributed by atoms with van der Waals surface area (Å²) in [6.45, 7) is 2.70. The summed E-state index contributed by atoms with van der Waals surface area (Å²) in [5.41, 5.74) is 2.45. The molecule has 2 aromatic rings. The number of anilines is 1. The average molecular weight is 410 g/mol. The van der Waals surface area contributed by atoms with Crippen LogP contribution in [-0.2, 0) is 4.79 Å². The first-order valence-electron chi connectivity index (χ1n) is 10.5. The first-order valence-corrected chi connectivity index (χ1v) is 10.5. The zero-order valence-corrected chi connectivity index (χ0v) is 17.2. The van der Waals surface area contributed by atoms with Crippen molar-refractivity contribution in [1.82, 2.24) is 5.32 Å². The normalized spacial score (nSPS) is 20.3. The molecule has 2 aromatic carbocycles. The van der Waals surface area contributed by atoms with Gasteiger partial charge in [0.25, 0.3) is 11.8 Å². The minimum Gasteiger partial charge on any atom is -0.490 e. The van der Waals surface area contributed by atoms with Gasteiger partial charge in [-0.3, -0.25) is 9.59 Å². The van der Waals surface area contributed by atoms with Crippen molar-refractivity contribution < 1.29 is 24.0 Å². The number of quaternary nitrogens is 1. The van der Waals surface area contributed by atoms with Crippen LogP contribution in [0.3, 0.4) is 0 Å². The summed E-state index contributed by atoms with van der Waals surface area (Å²) < 4.78 is 11.6. The lowest BCUT2D eigenvalue weighted by Gasteiger charge is -2.22. The third-order valence-corrected chi connectivity index (χ3v) is 5.70. The first-order chi connectivity index (χ1) is 14.6. The fourth-order valence-corrected chi connectivity index (χ4v) is 4.18. The van der Waals surface area contributed by atoms with Crippen molar-refractivity contribution >= 4 is 17.5 Å². The molecule has 2 amide bonds. The van der Waals surface area contributed by atoms with Gasteiger partial charge in [-0.05, 0) is 42.5 Å². The number of carbonyl (C=O) groups excluding carboxylic acids is 2. The summed E-state index contributed by atoms with van der Waals surface area (Å²) >= 11 is 0. The number of benzene rings is 2. The Kier molecular flexibility index (Phi) is 6.18. The Hall–Kier alpha value is -3.06. The number of rotatable bonds is 5. The molecule has 7 nitrogen and oxygen atoms in total. The van der Waals surface area contributed by atoms with Crippen molar-refractivity contribution in [3.8, 4) is 11.5 Å². The molecule has 158 valence electrons. The van der Waals surface area contributed by atoms with Crippen LogP contribution in [0.25, 0.3) is 0 Å². The fraction of sp³-hybridized carbons (Fsp3) is 0.391. The van der Waals surface area contributed by atoms with Gasteiger partial charge in [-0.1, -0.05) is 0 Å². The van der Waals surface area contributed by atoms with E-state index >= 15 is 0 Å². The van der Waals surface area contributed by atoms with Gasteiger partial charge in [0.15, 0.2) is 18.0 Å². The van der Waals surface area contributed by atoms with E-state index in [-0.39, 0.29) is 17.9 Å². The highest BCUT2D eigenvalue weighted by Crippen LogP contribution is 2.33. The minimum absolute atomic E-state index is 0.0288. The molecule has 1 unspecified atom stereocenters. The molecule has 30 heavy (non-hydrogen) atoms. The molecule has 0 saturated carbocycles. The molecule has 3 N–H and O–H groups in total. The number of fused-ring (bicyclic) bond motifs is 1. The molecule has 1 fully saturated rings. The maximum Gasteiger partial charge on any atom is 0.279 e. The van der Waals surface area contributed by atoms with Crippen molar-refractivity contribution in [2.45, 2.75) is 25.3 Å². The number of nitrogens with one attached hydrogen (secondary N) is 3. The smallest absolute Gasteiger partial charge is 0.279 e. The zero-order valence-electron chi connectivity index (χ0n) is 17.2. The van der Waals surface area contributed by atoms with Gasteiger partial charge in [-0.25, -0.2) is 0 Å². The number of likely N-dealkylation sites (tertiary alicyclic amines) is 1. The molecule has 1 saturated heterocycles. The molecule has 2 aliphatic heterocycles. The second kappa shape index (κ2) is 9.17. The lowest BCUT2D eigenvalue weighted by Crippen LogP contribution is -3.11. The van der Waals surface area contributed by atoms with Crippen molar-refractivity contribution in [3.05, 3.63) is 53.6 Å². The van der Waals surface area contributed by atoms with Crippen molar-refractivity contribution in [1.29, 1.82) is 0 Å². The third kappa shape index (κ3) is 4.57. The standard InChI is InChI=1S/C23H27N3O4/c1-24-23(28)16-5-8-18(9-6-16)25-22(27)15-26-11-2-4-19(26)17-7-10-20-21(14-17)30-13-3-12-29-20/h5-10,14,19H,2-4,11-13,15H2,1H3,(H,24,28)(H,25,27)/p+1/t19-/m1/s1. The SMILES string of the molecule is CNC(=O)c1ccc(NC(=O)C[NH+]2CCC[C@@H]2c2ccc3c(c2)OCCCO3)cc1. The van der Waals surface area contributed by atoms with Crippen molar-refractivity contribution in [2.24, 2.45) is 0 Å². The summed E-state index contributed by atoms with van der Waals surface area (Å²) in [4.78, 5) is 25.5. The molecule has 0 spiro atoms. The molecule has 0 aliphatic carbocycles. The predicted octanol–water partition coefficient (Wildman–Crippen LogP) is 1.57. The van der Waals surface area contributed by atoms with Crippen LogP contribution in [0.4, 0.5) is 5.69 Å². The van der Waals surface area contributed by atoms with Crippen molar-refractivity contribution in [3.63, 3.8) is 0 Å². The molecule has 2 heterocycles. The van der Waals surface area contributed by atoms with Gasteiger partial charge in [-0.15, -0.1) is 0 Å². The van der Waals surface area contributed by atoms with Gasteiger partial charge >= 0.3 is 0 Å². The first kappa shape index (κ1) is 20.2. The zero-order chi connectivity index (χ0) is 20.9. The molecule has 4 rings (SSSR count). The molecule has 7 heteroatoms. The number of hydrogen-bond donors (Lipinski definition) is 3. The summed E-state index contributed by atoms with van der Waals surface area (Å²) in [5, 5.41) is 5.53. The van der Waals surface area contributed by atoms with E-state index in [1.54, 1.807) is 31.3 Å². The van der Waals surface area contributed by atoms with Crippen LogP contribution >= 0.6 is 0 Å². The topological polar surface area (TPSA) is 81.1 Å². The largest absolute Gasteiger partial charge is 0.490 e. The molecule has 0 bridgehead atoms. The molecule has 2 atom stereocenters. The molecule has 2 aliphatic rings. The van der Waals surface area contributed by atoms with E-state index in [1.807, 2.05) is 6.07 Å². The second-order valence-corrected chi connectivity index (χ2v) is 7.74. The van der Waals surface area contributed by atoms with Crippen LogP contribution < -0.4 is 25.0 Å². The van der Waals surface area contributed by atoms with Crippen LogP contribution in [0.15, 0.2) is 42.5 Å². The summed E-state index contributed by atoms with van der Waals surface area (Å²) in [6.07, 6.45) is 3.01. The minimum atomic E-state index is -0.146. The Morgan fingerprint density at radius 3 is 2.57 bits per heavy atom. The van der Waals surface area contributed by atoms with Gasteiger partial charge in [-0.2, -0.15) is 0 Å². The average Bonchev–Trinajstić information content (AvgIpc) is 3.08. The lowest BCUT2D eigenvalue weighted by atomic mass is 10.0. The Labute approximate surface area is 176 Å². The van der Waals surface area contributed by atoms with E-state index in [2.05, 4.69) is 22.8 Å². The van der Waals surface area contributed by atoms with Crippen LogP contribution in [0, 0.1) is 0 Å². The highest BCUT2D eigenvalue weighted by atomic mass is 16.5. The maximum absolute atomic E-state index is 12.6. The van der Waals surface area contributed by atoms with Crippen LogP contribution in [-0.4, -0.2) is 45.2 Å². The molecule has 0 aromatic heterocycles. The Balaban J connectivity index is 1.40. The highest BCUT2D eigenvalue weighted by Gasteiger charge is 2.32. The van der Waals surface area contributed by atoms with Gasteiger partial charge in [0, 0.05) is 43.1 Å². The molecule has 0 radical (unpaired) electrons. The Morgan fingerprint density at radius 2 is 1.80 bits per heavy atom. The number of amides is 2. The number of ether oxygens (including phenoxy) is 2. The Bertz CT molecular complexity index is 913. The van der Waals surface area contributed by atoms with Gasteiger partial charge in [0.05, 0.1) is 19.8 Å². The van der Waals surface area contributed by atoms with E-state index in [9.17, 15) is 9.59 Å². The number of hydrogen-bond acceptors (Lipinski definition) is 4. The van der Waals surface area contributed by atoms with Gasteiger partial charge in [0.1, 0.15) is 6.04 Å². The van der Waals surface area contributed by atoms with Crippen LogP contribution in [0.1, 0.15) is 41.2 Å². The van der Waals surface area contributed by atoms with E-state index < -0.39 is 0 Å². The fourth-order valence-electron chi connectivity index (χ4n) is 4.18. The lowest BCUT2D eigenvalue weighted by molar-refractivity contribution is -0.910. The summed E-state index contributed by atoms with van der Waals surface area (Å²) in [6, 6.07) is 13.3. The highest BCUT2D eigenvalue weighted by molar-refractivity contribution is 5.95. The summed E-state index contributed by atoms with van der Waals surface area (Å²) in [5.74, 6) is 1.43. The van der Waals surface area contributed by atoms with E-state index in [4.69, 9.17) is 9.47 Å². The molecular weight excluding hydrogens is 382 g/mol. The van der Waals surface area contributed by atoms with E-state index in [1.165, 1.54) is 10.5 Å². The van der Waals surface area contributed by atoms with Crippen molar-refractivity contribution in [2.75, 3.05) is 38.7 Å². The van der Waals surface area contributed by atoms with Gasteiger partial charge < -0.3 is 25.0 Å². The van der Waals surface area contributed by atoms with Gasteiger partial charge in [0.2, 0.25) is 0 Å². The second-order valence-electron chi connectivity index (χ2n) is 7.74. The summed E-state index contributed by atoms with van der Waals surface area (Å²) in [7, 11) is 1.59. The quantitative estimate of drug-likeness (QED) is 0.699. The van der Waals surface area contributed by atoms with E-state index in [0.717, 1.165) is 37.3 Å². The Morgan fingerprint density at radius 1 is 1.03 bits per heavy atom. The van der Waals surface area contributed by atoms with Crippen LogP contribution in [0.2, 0.25) is 0 Å². The maximum atomic E-state index is 12.6. The monoisotopic (exact) mass is 410 g/mol. The molecular formula is C23H28N3O4+.